The van der Waals surface area contributed by atoms with E-state index in [1.54, 1.807) is 97.2 Å². The van der Waals surface area contributed by atoms with Gasteiger partial charge >= 0.3 is 27.1 Å². The SMILES string of the molecule is CC(C)OC(=O)C1(N)CC1.CC(C)OC(=O)C1(NP(=O)(CO[C@H](C)Cn2cnc3c(N)ncnc32)Oc2ccccc2)CC1.C[C@H](Cn1cnc2c(N)ncnc21)OCP(=O)(O)Oc1ccccc1. The van der Waals surface area contributed by atoms with E-state index in [1.807, 2.05) is 26.8 Å². The summed E-state index contributed by atoms with van der Waals surface area (Å²) in [7, 11) is -7.55. The Labute approximate surface area is 398 Å². The zero-order chi connectivity index (χ0) is 50.0. The van der Waals surface area contributed by atoms with Crippen molar-refractivity contribution in [3.63, 3.8) is 0 Å². The molecule has 0 aliphatic heterocycles. The Kier molecular flexibility index (Phi) is 17.1. The molecule has 69 heavy (non-hydrogen) atoms. The van der Waals surface area contributed by atoms with Gasteiger partial charge in [0.25, 0.3) is 0 Å². The minimum absolute atomic E-state index is 0.0477. The number of hydrogen-bond donors (Lipinski definition) is 5. The van der Waals surface area contributed by atoms with Gasteiger partial charge in [-0.1, -0.05) is 36.4 Å². The van der Waals surface area contributed by atoms with Crippen LogP contribution in [0.5, 0.6) is 11.5 Å². The molecule has 8 N–H and O–H groups in total. The Morgan fingerprint density at radius 1 is 0.667 bits per heavy atom. The molecule has 2 aliphatic rings. The largest absolute Gasteiger partial charge is 0.462 e. The smallest absolute Gasteiger partial charge is 0.402 e. The molecule has 25 heteroatoms. The fourth-order valence-electron chi connectivity index (χ4n) is 6.39. The zero-order valence-corrected chi connectivity index (χ0v) is 41.1. The summed E-state index contributed by atoms with van der Waals surface area (Å²) in [6.45, 7) is 11.6. The molecule has 0 saturated heterocycles. The highest BCUT2D eigenvalue weighted by Crippen LogP contribution is 2.51. The van der Waals surface area contributed by atoms with Crippen LogP contribution in [0.3, 0.4) is 0 Å². The van der Waals surface area contributed by atoms with E-state index < -0.39 is 38.5 Å². The first kappa shape index (κ1) is 52.3. The Morgan fingerprint density at radius 3 is 1.57 bits per heavy atom. The second-order valence-electron chi connectivity index (χ2n) is 17.2. The van der Waals surface area contributed by atoms with Crippen LogP contribution in [0.1, 0.15) is 67.2 Å². The molecular formula is C44H60N12O11P2. The number of rotatable bonds is 20. The number of fused-ring (bicyclic) bond motifs is 2. The number of esters is 2. The number of nitrogens with two attached hydrogens (primary N) is 3. The fourth-order valence-corrected chi connectivity index (χ4v) is 9.38. The van der Waals surface area contributed by atoms with Gasteiger partial charge in [-0.2, -0.15) is 0 Å². The Balaban J connectivity index is 0.000000195. The van der Waals surface area contributed by atoms with E-state index >= 15 is 0 Å². The normalized spacial score (nSPS) is 17.0. The third-order valence-corrected chi connectivity index (χ3v) is 12.9. The van der Waals surface area contributed by atoms with Gasteiger partial charge < -0.3 is 59.2 Å². The molecule has 2 saturated carbocycles. The summed E-state index contributed by atoms with van der Waals surface area (Å²) in [6.07, 6.45) is 6.76. The van der Waals surface area contributed by atoms with E-state index in [-0.39, 0.29) is 36.7 Å². The molecule has 0 bridgehead atoms. The summed E-state index contributed by atoms with van der Waals surface area (Å²) in [5.74, 6) is 0.642. The van der Waals surface area contributed by atoms with Crippen molar-refractivity contribution < 1.29 is 51.6 Å². The van der Waals surface area contributed by atoms with Crippen LogP contribution < -0.4 is 31.3 Å². The average Bonchev–Trinajstić information content (AvgIpc) is 4.16. The van der Waals surface area contributed by atoms with Crippen molar-refractivity contribution in [2.45, 2.75) is 116 Å². The van der Waals surface area contributed by atoms with E-state index in [9.17, 15) is 23.6 Å². The molecule has 2 fully saturated rings. The van der Waals surface area contributed by atoms with Crippen molar-refractivity contribution in [3.8, 4) is 11.5 Å². The summed E-state index contributed by atoms with van der Waals surface area (Å²) in [4.78, 5) is 58.1. The number of nitrogen functional groups attached to an aromatic ring is 2. The number of para-hydroxylation sites is 2. The van der Waals surface area contributed by atoms with Gasteiger partial charge in [-0.05, 0) is 91.5 Å². The van der Waals surface area contributed by atoms with Crippen molar-refractivity contribution >= 4 is 61.0 Å². The van der Waals surface area contributed by atoms with Gasteiger partial charge in [-0.3, -0.25) is 14.2 Å². The first-order chi connectivity index (χ1) is 32.7. The molecule has 23 nitrogen and oxygen atoms in total. The van der Waals surface area contributed by atoms with Crippen molar-refractivity contribution in [2.75, 3.05) is 24.2 Å². The lowest BCUT2D eigenvalue weighted by atomic mass is 10.3. The molecule has 6 aromatic rings. The van der Waals surface area contributed by atoms with Crippen LogP contribution in [0.4, 0.5) is 11.6 Å². The number of carbonyl (C=O) groups excluding carboxylic acids is 2. The molecular weight excluding hydrogens is 935 g/mol. The van der Waals surface area contributed by atoms with Gasteiger partial charge in [0.2, 0.25) is 0 Å². The summed E-state index contributed by atoms with van der Waals surface area (Å²) in [5.41, 5.74) is 17.7. The summed E-state index contributed by atoms with van der Waals surface area (Å²) >= 11 is 0. The van der Waals surface area contributed by atoms with E-state index in [0.29, 0.717) is 71.4 Å². The maximum atomic E-state index is 13.9. The molecule has 0 radical (unpaired) electrons. The quantitative estimate of drug-likeness (QED) is 0.0460. The number of nitrogens with zero attached hydrogens (tertiary/aromatic N) is 8. The number of carbonyl (C=O) groups is 2. The molecule has 4 heterocycles. The van der Waals surface area contributed by atoms with E-state index in [2.05, 4.69) is 35.0 Å². The maximum absolute atomic E-state index is 13.9. The standard InChI is InChI=1S/C22H29N6O5P.C15H18N5O4P.C7H13NO2/c1-15(2)32-21(29)22(9-10-22)27-34(30,33-17-7-5-4-6-8-17)14-31-16(3)11-28-13-26-18-19(23)24-12-25-20(18)28;1-11(7-20-9-19-13-14(16)17-8-18-15(13)20)23-10-25(21,22)24-12-5-3-2-4-6-12;1-5(2)10-6(9)7(8)3-4-7/h4-8,12-13,15-16H,9-11,14H2,1-3H3,(H,27,30)(H2,23,24,25);2-6,8-9,11H,7,10H2,1H3,(H,21,22)(H2,16,17,18);5H,3-4,8H2,1-2H3/t16-,34?;11-;/m11./s1. The zero-order valence-electron chi connectivity index (χ0n) is 39.3. The van der Waals surface area contributed by atoms with Crippen LogP contribution in [0.15, 0.2) is 86.0 Å². The number of ether oxygens (including phenoxy) is 4. The van der Waals surface area contributed by atoms with Gasteiger partial charge in [0, 0.05) is 0 Å². The predicted octanol–water partition coefficient (Wildman–Crippen LogP) is 5.58. The number of imidazole rings is 2. The summed E-state index contributed by atoms with van der Waals surface area (Å²) < 4.78 is 62.2. The van der Waals surface area contributed by atoms with Crippen LogP contribution in [0.25, 0.3) is 22.3 Å². The molecule has 2 aromatic carbocycles. The summed E-state index contributed by atoms with van der Waals surface area (Å²) in [5, 5.41) is 2.96. The number of nitrogens with one attached hydrogen (secondary N) is 1. The van der Waals surface area contributed by atoms with Crippen LogP contribution in [0.2, 0.25) is 0 Å². The first-order valence-corrected chi connectivity index (χ1v) is 25.7. The van der Waals surface area contributed by atoms with Gasteiger partial charge in [0.1, 0.15) is 52.6 Å². The first-order valence-electron chi connectivity index (χ1n) is 22.2. The van der Waals surface area contributed by atoms with Crippen LogP contribution in [-0.4, -0.2) is 104 Å². The highest BCUT2D eigenvalue weighted by Gasteiger charge is 2.56. The Bertz CT molecular complexity index is 2750. The van der Waals surface area contributed by atoms with Crippen LogP contribution in [-0.2, 0) is 50.8 Å². The highest BCUT2D eigenvalue weighted by atomic mass is 31.2. The number of hydrogen-bond acceptors (Lipinski definition) is 19. The molecule has 372 valence electrons. The van der Waals surface area contributed by atoms with Crippen molar-refractivity contribution in [1.29, 1.82) is 0 Å². The average molecular weight is 995 g/mol. The van der Waals surface area contributed by atoms with E-state index in [4.69, 9.17) is 45.2 Å². The second kappa shape index (κ2) is 22.6. The second-order valence-corrected chi connectivity index (χ2v) is 21.0. The molecule has 2 unspecified atom stereocenters. The molecule has 4 atom stereocenters. The van der Waals surface area contributed by atoms with Gasteiger partial charge in [0.15, 0.2) is 29.3 Å². The fraction of sp³-hybridized carbons (Fsp3) is 0.455. The number of aromatic nitrogens is 8. The van der Waals surface area contributed by atoms with Crippen LogP contribution >= 0.6 is 15.1 Å². The van der Waals surface area contributed by atoms with E-state index in [1.165, 1.54) is 12.7 Å². The molecule has 0 spiro atoms. The number of benzene rings is 2. The lowest BCUT2D eigenvalue weighted by Gasteiger charge is -2.27. The van der Waals surface area contributed by atoms with Gasteiger partial charge in [-0.15, -0.1) is 0 Å². The topological polar surface area (TPSA) is 321 Å². The van der Waals surface area contributed by atoms with Crippen molar-refractivity contribution in [2.24, 2.45) is 5.73 Å². The van der Waals surface area contributed by atoms with E-state index in [0.717, 1.165) is 12.8 Å². The molecule has 0 amide bonds. The number of anilines is 2. The highest BCUT2D eigenvalue weighted by molar-refractivity contribution is 7.57. The minimum atomic E-state index is -3.91. The minimum Gasteiger partial charge on any atom is -0.462 e. The molecule has 8 rings (SSSR count). The van der Waals surface area contributed by atoms with Crippen molar-refractivity contribution in [1.82, 2.24) is 44.1 Å². The summed E-state index contributed by atoms with van der Waals surface area (Å²) in [6, 6.07) is 17.2. The lowest BCUT2D eigenvalue weighted by molar-refractivity contribution is -0.151. The molecule has 4 aromatic heterocycles. The predicted molar refractivity (Wildman–Crippen MR) is 256 cm³/mol. The molecule has 2 aliphatic carbocycles. The van der Waals surface area contributed by atoms with Crippen LogP contribution in [0, 0.1) is 0 Å². The maximum Gasteiger partial charge on any atom is 0.402 e. The van der Waals surface area contributed by atoms with Crippen molar-refractivity contribution in [3.05, 3.63) is 86.0 Å². The Morgan fingerprint density at radius 2 is 1.12 bits per heavy atom. The lowest BCUT2D eigenvalue weighted by Crippen LogP contribution is -2.41. The van der Waals surface area contributed by atoms with Gasteiger partial charge in [-0.25, -0.2) is 39.6 Å². The monoisotopic (exact) mass is 994 g/mol. The third kappa shape index (κ3) is 15.0. The van der Waals surface area contributed by atoms with Gasteiger partial charge in [0.05, 0.1) is 50.2 Å². The Hall–Kier alpha value is -6.06. The third-order valence-electron chi connectivity index (χ3n) is 10.2.